The molecule has 0 spiro atoms. The molecule has 1 aromatic rings. The standard InChI is InChI=1S/C7H6Cl2N2/c8-6-2-1-3-7(9)5(6)4-11-10/h1-4H,10H2/b11-4-. The van der Waals surface area contributed by atoms with Crippen LogP contribution in [0.1, 0.15) is 5.56 Å². The van der Waals surface area contributed by atoms with Crippen LogP contribution in [0, 0.1) is 0 Å². The molecular weight excluding hydrogens is 183 g/mol. The first-order chi connectivity index (χ1) is 5.25. The lowest BCUT2D eigenvalue weighted by Crippen LogP contribution is -1.88. The summed E-state index contributed by atoms with van der Waals surface area (Å²) in [6.45, 7) is 0. The first-order valence-electron chi connectivity index (χ1n) is 2.93. The second kappa shape index (κ2) is 3.60. The number of hydrogen-bond acceptors (Lipinski definition) is 2. The lowest BCUT2D eigenvalue weighted by atomic mass is 10.2. The van der Waals surface area contributed by atoms with Crippen molar-refractivity contribution >= 4 is 29.4 Å². The molecule has 0 radical (unpaired) electrons. The van der Waals surface area contributed by atoms with Crippen molar-refractivity contribution in [2.45, 2.75) is 0 Å². The van der Waals surface area contributed by atoms with Crippen molar-refractivity contribution in [3.63, 3.8) is 0 Å². The second-order valence-corrected chi connectivity index (χ2v) is 2.73. The number of hydrazone groups is 1. The summed E-state index contributed by atoms with van der Waals surface area (Å²) in [6, 6.07) is 5.22. The van der Waals surface area contributed by atoms with Gasteiger partial charge < -0.3 is 5.84 Å². The summed E-state index contributed by atoms with van der Waals surface area (Å²) >= 11 is 11.6. The van der Waals surface area contributed by atoms with E-state index in [0.717, 1.165) is 0 Å². The fourth-order valence-electron chi connectivity index (χ4n) is 0.709. The van der Waals surface area contributed by atoms with E-state index in [0.29, 0.717) is 15.6 Å². The number of nitrogens with two attached hydrogens (primary N) is 1. The van der Waals surface area contributed by atoms with Crippen LogP contribution in [0.2, 0.25) is 10.0 Å². The van der Waals surface area contributed by atoms with Crippen molar-refractivity contribution < 1.29 is 0 Å². The lowest BCUT2D eigenvalue weighted by Gasteiger charge is -1.98. The van der Waals surface area contributed by atoms with Crippen LogP contribution in [0.25, 0.3) is 0 Å². The first kappa shape index (κ1) is 8.37. The van der Waals surface area contributed by atoms with Crippen LogP contribution in [0.4, 0.5) is 0 Å². The van der Waals surface area contributed by atoms with Crippen molar-refractivity contribution in [3.8, 4) is 0 Å². The van der Waals surface area contributed by atoms with Crippen LogP contribution in [0.3, 0.4) is 0 Å². The van der Waals surface area contributed by atoms with Gasteiger partial charge in [0.1, 0.15) is 0 Å². The van der Waals surface area contributed by atoms with Crippen molar-refractivity contribution in [1.29, 1.82) is 0 Å². The molecule has 58 valence electrons. The number of halogens is 2. The van der Waals surface area contributed by atoms with E-state index in [1.807, 2.05) is 0 Å². The minimum absolute atomic E-state index is 0.548. The Bertz CT molecular complexity index is 264. The summed E-state index contributed by atoms with van der Waals surface area (Å²) in [5.74, 6) is 4.95. The highest BCUT2D eigenvalue weighted by molar-refractivity contribution is 6.38. The van der Waals surface area contributed by atoms with Gasteiger partial charge in [0.05, 0.1) is 16.3 Å². The fourth-order valence-corrected chi connectivity index (χ4v) is 1.20. The van der Waals surface area contributed by atoms with Gasteiger partial charge in [0.15, 0.2) is 0 Å². The maximum Gasteiger partial charge on any atom is 0.0568 e. The summed E-state index contributed by atoms with van der Waals surface area (Å²) in [6.07, 6.45) is 1.42. The summed E-state index contributed by atoms with van der Waals surface area (Å²) in [7, 11) is 0. The topological polar surface area (TPSA) is 38.4 Å². The van der Waals surface area contributed by atoms with E-state index < -0.39 is 0 Å². The molecule has 1 aromatic carbocycles. The predicted octanol–water partition coefficient (Wildman–Crippen LogP) is 2.29. The van der Waals surface area contributed by atoms with Crippen LogP contribution in [0.5, 0.6) is 0 Å². The molecule has 0 heterocycles. The van der Waals surface area contributed by atoms with E-state index in [2.05, 4.69) is 5.10 Å². The summed E-state index contributed by atoms with van der Waals surface area (Å²) in [5.41, 5.74) is 0.651. The Hall–Kier alpha value is -0.730. The zero-order valence-corrected chi connectivity index (χ0v) is 7.10. The van der Waals surface area contributed by atoms with E-state index in [1.165, 1.54) is 6.21 Å². The van der Waals surface area contributed by atoms with E-state index >= 15 is 0 Å². The van der Waals surface area contributed by atoms with Gasteiger partial charge in [0.25, 0.3) is 0 Å². The average Bonchev–Trinajstić information content (AvgIpc) is 1.97. The fraction of sp³-hybridized carbons (Fsp3) is 0. The van der Waals surface area contributed by atoms with Crippen LogP contribution in [0.15, 0.2) is 23.3 Å². The lowest BCUT2D eigenvalue weighted by molar-refractivity contribution is 1.26. The Kier molecular flexibility index (Phi) is 2.74. The maximum atomic E-state index is 5.78. The Morgan fingerprint density at radius 2 is 1.82 bits per heavy atom. The molecule has 0 aromatic heterocycles. The van der Waals surface area contributed by atoms with Gasteiger partial charge in [-0.3, -0.25) is 0 Å². The van der Waals surface area contributed by atoms with E-state index in [1.54, 1.807) is 18.2 Å². The molecule has 2 N–H and O–H groups in total. The Labute approximate surface area is 74.6 Å². The Morgan fingerprint density at radius 1 is 1.27 bits per heavy atom. The molecule has 4 heteroatoms. The van der Waals surface area contributed by atoms with Gasteiger partial charge in [-0.1, -0.05) is 29.3 Å². The highest BCUT2D eigenvalue weighted by Gasteiger charge is 2.00. The van der Waals surface area contributed by atoms with E-state index in [9.17, 15) is 0 Å². The average molecular weight is 189 g/mol. The molecule has 1 rings (SSSR count). The third-order valence-corrected chi connectivity index (χ3v) is 1.86. The Balaban J connectivity index is 3.20. The van der Waals surface area contributed by atoms with Crippen molar-refractivity contribution in [3.05, 3.63) is 33.8 Å². The van der Waals surface area contributed by atoms with Crippen molar-refractivity contribution in [2.24, 2.45) is 10.9 Å². The molecule has 0 amide bonds. The summed E-state index contributed by atoms with van der Waals surface area (Å²) in [5, 5.41) is 4.43. The zero-order chi connectivity index (χ0) is 8.27. The first-order valence-corrected chi connectivity index (χ1v) is 3.68. The van der Waals surface area contributed by atoms with Gasteiger partial charge in [0.2, 0.25) is 0 Å². The largest absolute Gasteiger partial charge is 0.323 e. The van der Waals surface area contributed by atoms with Crippen LogP contribution < -0.4 is 5.84 Å². The van der Waals surface area contributed by atoms with E-state index in [-0.39, 0.29) is 0 Å². The summed E-state index contributed by atoms with van der Waals surface area (Å²) in [4.78, 5) is 0. The second-order valence-electron chi connectivity index (χ2n) is 1.91. The smallest absolute Gasteiger partial charge is 0.0568 e. The van der Waals surface area contributed by atoms with Crippen molar-refractivity contribution in [1.82, 2.24) is 0 Å². The monoisotopic (exact) mass is 188 g/mol. The molecule has 2 nitrogen and oxygen atoms in total. The normalized spacial score (nSPS) is 10.7. The summed E-state index contributed by atoms with van der Waals surface area (Å²) < 4.78 is 0. The van der Waals surface area contributed by atoms with Crippen molar-refractivity contribution in [2.75, 3.05) is 0 Å². The van der Waals surface area contributed by atoms with Gasteiger partial charge >= 0.3 is 0 Å². The number of nitrogens with zero attached hydrogens (tertiary/aromatic N) is 1. The van der Waals surface area contributed by atoms with Gasteiger partial charge in [-0.05, 0) is 12.1 Å². The minimum Gasteiger partial charge on any atom is -0.323 e. The number of hydrogen-bond donors (Lipinski definition) is 1. The molecule has 0 atom stereocenters. The van der Waals surface area contributed by atoms with Crippen LogP contribution >= 0.6 is 23.2 Å². The zero-order valence-electron chi connectivity index (χ0n) is 5.59. The van der Waals surface area contributed by atoms with Crippen LogP contribution in [-0.2, 0) is 0 Å². The van der Waals surface area contributed by atoms with E-state index in [4.69, 9.17) is 29.0 Å². The molecule has 0 unspecified atom stereocenters. The third kappa shape index (κ3) is 1.85. The highest BCUT2D eigenvalue weighted by atomic mass is 35.5. The number of rotatable bonds is 1. The van der Waals surface area contributed by atoms with Crippen LogP contribution in [-0.4, -0.2) is 6.21 Å². The highest BCUT2D eigenvalue weighted by Crippen LogP contribution is 2.21. The molecule has 11 heavy (non-hydrogen) atoms. The molecular formula is C7H6Cl2N2. The minimum atomic E-state index is 0.548. The molecule has 0 saturated heterocycles. The third-order valence-electron chi connectivity index (χ3n) is 1.20. The maximum absolute atomic E-state index is 5.78. The molecule has 0 saturated carbocycles. The van der Waals surface area contributed by atoms with Gasteiger partial charge in [-0.25, -0.2) is 0 Å². The number of benzene rings is 1. The van der Waals surface area contributed by atoms with Gasteiger partial charge in [-0.15, -0.1) is 0 Å². The quantitative estimate of drug-likeness (QED) is 0.410. The Morgan fingerprint density at radius 3 is 2.27 bits per heavy atom. The molecule has 0 bridgehead atoms. The SMILES string of the molecule is N/N=C\c1c(Cl)cccc1Cl. The van der Waals surface area contributed by atoms with Gasteiger partial charge in [-0.2, -0.15) is 5.10 Å². The molecule has 0 aliphatic heterocycles. The van der Waals surface area contributed by atoms with Gasteiger partial charge in [0, 0.05) is 5.56 Å². The molecule has 0 fully saturated rings. The molecule has 0 aliphatic carbocycles. The predicted molar refractivity (Wildman–Crippen MR) is 48.2 cm³/mol. The molecule has 0 aliphatic rings.